The van der Waals surface area contributed by atoms with Crippen LogP contribution in [0.4, 0.5) is 0 Å². The number of fused-ring (bicyclic) bond motifs is 4. The van der Waals surface area contributed by atoms with E-state index in [4.69, 9.17) is 0 Å². The van der Waals surface area contributed by atoms with E-state index in [0.29, 0.717) is 5.41 Å². The molecule has 0 heterocycles. The van der Waals surface area contributed by atoms with E-state index in [1.165, 1.54) is 28.3 Å². The first-order valence-electron chi connectivity index (χ1n) is 6.37. The van der Waals surface area contributed by atoms with Gasteiger partial charge < -0.3 is 0 Å². The van der Waals surface area contributed by atoms with Gasteiger partial charge in [-0.1, -0.05) is 31.2 Å². The average Bonchev–Trinajstić information content (AvgIpc) is 3.24. The second kappa shape index (κ2) is 2.24. The Morgan fingerprint density at radius 1 is 1.00 bits per heavy atom. The monoisotopic (exact) mass is 216 g/mol. The molecule has 0 aromatic heterocycles. The van der Waals surface area contributed by atoms with E-state index < -0.39 is 0 Å². The van der Waals surface area contributed by atoms with Crippen molar-refractivity contribution in [2.45, 2.75) is 13.3 Å². The maximum absolute atomic E-state index is 2.41. The van der Waals surface area contributed by atoms with Gasteiger partial charge in [-0.3, -0.25) is 0 Å². The first-order chi connectivity index (χ1) is 8.36. The van der Waals surface area contributed by atoms with Gasteiger partial charge in [0.15, 0.2) is 0 Å². The van der Waals surface area contributed by atoms with Gasteiger partial charge in [0, 0.05) is 5.41 Å². The molecule has 5 rings (SSSR count). The van der Waals surface area contributed by atoms with Crippen molar-refractivity contribution in [2.75, 3.05) is 0 Å². The highest BCUT2D eigenvalue weighted by molar-refractivity contribution is 6.18. The summed E-state index contributed by atoms with van der Waals surface area (Å²) in [5.74, 6) is 0. The molecule has 17 heavy (non-hydrogen) atoms. The maximum atomic E-state index is 2.41. The van der Waals surface area contributed by atoms with Crippen LogP contribution >= 0.6 is 0 Å². The normalized spacial score (nSPS) is 26.5. The molecule has 0 nitrogen and oxygen atoms in total. The van der Waals surface area contributed by atoms with Crippen molar-refractivity contribution < 1.29 is 0 Å². The van der Waals surface area contributed by atoms with Crippen LogP contribution in [0.3, 0.4) is 0 Å². The fraction of sp³-hybridized carbons (Fsp3) is 0.176. The number of allylic oxidation sites excluding steroid dienone is 3. The zero-order valence-electron chi connectivity index (χ0n) is 9.75. The molecular formula is C17H12. The molecule has 1 unspecified atom stereocenters. The Bertz CT molecular complexity index is 768. The van der Waals surface area contributed by atoms with Crippen molar-refractivity contribution in [3.05, 3.63) is 58.7 Å². The van der Waals surface area contributed by atoms with Crippen LogP contribution in [0.1, 0.15) is 24.5 Å². The molecule has 1 saturated carbocycles. The van der Waals surface area contributed by atoms with Crippen molar-refractivity contribution in [3.63, 3.8) is 0 Å². The molecule has 3 aliphatic carbocycles. The van der Waals surface area contributed by atoms with Gasteiger partial charge in [-0.05, 0) is 63.2 Å². The molecule has 0 amide bonds. The summed E-state index contributed by atoms with van der Waals surface area (Å²) in [6, 6.07) is 13.4. The topological polar surface area (TPSA) is 0 Å². The van der Waals surface area contributed by atoms with Gasteiger partial charge in [0.1, 0.15) is 0 Å². The molecule has 3 aliphatic rings. The quantitative estimate of drug-likeness (QED) is 0.662. The average molecular weight is 216 g/mol. The van der Waals surface area contributed by atoms with E-state index in [1.807, 2.05) is 0 Å². The molecule has 0 N–H and O–H groups in total. The number of hydrogen-bond acceptors (Lipinski definition) is 0. The second-order valence-corrected chi connectivity index (χ2v) is 5.35. The molecule has 0 heteroatoms. The molecule has 0 bridgehead atoms. The third-order valence-electron chi connectivity index (χ3n) is 4.73. The van der Waals surface area contributed by atoms with Crippen LogP contribution in [0.2, 0.25) is 0 Å². The molecule has 80 valence electrons. The third kappa shape index (κ3) is 0.717. The van der Waals surface area contributed by atoms with Crippen LogP contribution in [0.15, 0.2) is 47.5 Å². The van der Waals surface area contributed by atoms with E-state index >= 15 is 0 Å². The van der Waals surface area contributed by atoms with Crippen LogP contribution in [0.25, 0.3) is 22.4 Å². The molecule has 1 atom stereocenters. The van der Waals surface area contributed by atoms with Gasteiger partial charge in [-0.25, -0.2) is 0 Å². The zero-order chi connectivity index (χ0) is 11.2. The Morgan fingerprint density at radius 2 is 1.76 bits per heavy atom. The smallest absolute Gasteiger partial charge is 0.0468 e. The minimum Gasteiger partial charge on any atom is -0.0639 e. The standard InChI is InChI=1S/C17H12/c1-2-17-14-9-12-7-10-5-3-4-6-11(10)8-13(12)15(17)16(14)17/h3-9H,2H2,1H3. The fourth-order valence-electron chi connectivity index (χ4n) is 3.72. The lowest BCUT2D eigenvalue weighted by atomic mass is 9.85. The van der Waals surface area contributed by atoms with Gasteiger partial charge in [0.05, 0.1) is 0 Å². The summed E-state index contributed by atoms with van der Waals surface area (Å²) in [6.45, 7) is 2.31. The van der Waals surface area contributed by atoms with Gasteiger partial charge in [-0.15, -0.1) is 0 Å². The lowest BCUT2D eigenvalue weighted by molar-refractivity contribution is 0.776. The number of benzene rings is 2. The number of rotatable bonds is 1. The predicted molar refractivity (Wildman–Crippen MR) is 71.6 cm³/mol. The Labute approximate surface area is 100 Å². The molecule has 2 aromatic carbocycles. The third-order valence-corrected chi connectivity index (χ3v) is 4.73. The highest BCUT2D eigenvalue weighted by atomic mass is 14.7. The summed E-state index contributed by atoms with van der Waals surface area (Å²) in [5, 5.41) is 2.73. The Morgan fingerprint density at radius 3 is 2.47 bits per heavy atom. The van der Waals surface area contributed by atoms with Crippen LogP contribution in [0.5, 0.6) is 0 Å². The van der Waals surface area contributed by atoms with E-state index in [9.17, 15) is 0 Å². The van der Waals surface area contributed by atoms with Crippen molar-refractivity contribution in [3.8, 4) is 0 Å². The molecular weight excluding hydrogens is 204 g/mol. The first-order valence-corrected chi connectivity index (χ1v) is 6.37. The minimum absolute atomic E-state index is 0.468. The minimum atomic E-state index is 0.468. The van der Waals surface area contributed by atoms with E-state index in [0.717, 1.165) is 0 Å². The van der Waals surface area contributed by atoms with E-state index in [2.05, 4.69) is 49.4 Å². The second-order valence-electron chi connectivity index (χ2n) is 5.35. The molecule has 2 aromatic rings. The highest BCUT2D eigenvalue weighted by Gasteiger charge is 2.72. The van der Waals surface area contributed by atoms with E-state index in [-0.39, 0.29) is 0 Å². The summed E-state index contributed by atoms with van der Waals surface area (Å²) in [7, 11) is 0. The van der Waals surface area contributed by atoms with Crippen molar-refractivity contribution in [2.24, 2.45) is 5.41 Å². The summed E-state index contributed by atoms with van der Waals surface area (Å²) in [4.78, 5) is 0. The number of hydrogen-bond donors (Lipinski definition) is 0. The van der Waals surface area contributed by atoms with Gasteiger partial charge in [0.2, 0.25) is 0 Å². The predicted octanol–water partition coefficient (Wildman–Crippen LogP) is 4.41. The lowest BCUT2D eigenvalue weighted by Gasteiger charge is -2.17. The first kappa shape index (κ1) is 8.30. The summed E-state index contributed by atoms with van der Waals surface area (Å²) in [6.07, 6.45) is 3.67. The molecule has 0 saturated heterocycles. The largest absolute Gasteiger partial charge is 0.0639 e. The highest BCUT2D eigenvalue weighted by Crippen LogP contribution is 2.86. The fourth-order valence-corrected chi connectivity index (χ4v) is 3.72. The van der Waals surface area contributed by atoms with Crippen molar-refractivity contribution in [1.29, 1.82) is 0 Å². The molecule has 0 aliphatic heterocycles. The van der Waals surface area contributed by atoms with Gasteiger partial charge >= 0.3 is 0 Å². The molecule has 0 radical (unpaired) electrons. The Balaban J connectivity index is 1.84. The van der Waals surface area contributed by atoms with Crippen LogP contribution in [0, 0.1) is 5.41 Å². The SMILES string of the molecule is CCC12C3=Cc4cc5ccccc5cc4C1=C32. The lowest BCUT2D eigenvalue weighted by Crippen LogP contribution is -2.00. The molecule has 1 fully saturated rings. The molecule has 0 spiro atoms. The Hall–Kier alpha value is -1.82. The van der Waals surface area contributed by atoms with Crippen molar-refractivity contribution >= 4 is 22.4 Å². The van der Waals surface area contributed by atoms with Crippen LogP contribution in [-0.2, 0) is 0 Å². The Kier molecular flexibility index (Phi) is 1.09. The van der Waals surface area contributed by atoms with Crippen molar-refractivity contribution in [1.82, 2.24) is 0 Å². The van der Waals surface area contributed by atoms with Gasteiger partial charge in [-0.2, -0.15) is 0 Å². The van der Waals surface area contributed by atoms with E-state index in [1.54, 1.807) is 16.7 Å². The summed E-state index contributed by atoms with van der Waals surface area (Å²) < 4.78 is 0. The van der Waals surface area contributed by atoms with Crippen LogP contribution in [-0.4, -0.2) is 0 Å². The van der Waals surface area contributed by atoms with Crippen LogP contribution < -0.4 is 0 Å². The maximum Gasteiger partial charge on any atom is 0.0468 e. The summed E-state index contributed by atoms with van der Waals surface area (Å²) >= 11 is 0. The van der Waals surface area contributed by atoms with Gasteiger partial charge in [0.25, 0.3) is 0 Å². The summed E-state index contributed by atoms with van der Waals surface area (Å²) in [5.41, 5.74) is 8.34. The zero-order valence-corrected chi connectivity index (χ0v) is 9.75.